The van der Waals surface area contributed by atoms with Crippen molar-refractivity contribution in [1.29, 1.82) is 0 Å². The van der Waals surface area contributed by atoms with Crippen LogP contribution in [0.15, 0.2) is 48.5 Å². The third kappa shape index (κ3) is 4.08. The summed E-state index contributed by atoms with van der Waals surface area (Å²) in [7, 11) is 0. The molecule has 0 fully saturated rings. The van der Waals surface area contributed by atoms with Crippen molar-refractivity contribution in [3.8, 4) is 5.75 Å². The minimum atomic E-state index is -0.380. The number of benzene rings is 2. The monoisotopic (exact) mass is 365 g/mol. The molecule has 2 amide bonds. The molecule has 1 aliphatic heterocycles. The highest BCUT2D eigenvalue weighted by Gasteiger charge is 2.34. The van der Waals surface area contributed by atoms with Gasteiger partial charge in [-0.05, 0) is 41.7 Å². The lowest BCUT2D eigenvalue weighted by atomic mass is 9.87. The molecular weight excluding hydrogens is 342 g/mol. The van der Waals surface area contributed by atoms with Crippen molar-refractivity contribution in [3.63, 3.8) is 0 Å². The van der Waals surface area contributed by atoms with Gasteiger partial charge >= 0.3 is 5.97 Å². The minimum Gasteiger partial charge on any atom is -0.427 e. The molecule has 27 heavy (non-hydrogen) atoms. The van der Waals surface area contributed by atoms with Gasteiger partial charge in [0.15, 0.2) is 0 Å². The van der Waals surface area contributed by atoms with E-state index >= 15 is 0 Å². The zero-order valence-corrected chi connectivity index (χ0v) is 15.8. The van der Waals surface area contributed by atoms with Gasteiger partial charge in [-0.1, -0.05) is 45.0 Å². The maximum Gasteiger partial charge on any atom is 0.311 e. The molecule has 1 heterocycles. The van der Waals surface area contributed by atoms with Crippen LogP contribution in [0.1, 0.15) is 59.9 Å². The summed E-state index contributed by atoms with van der Waals surface area (Å²) >= 11 is 0. The fourth-order valence-electron chi connectivity index (χ4n) is 3.03. The Bertz CT molecular complexity index is 843. The Morgan fingerprint density at radius 2 is 1.48 bits per heavy atom. The van der Waals surface area contributed by atoms with Gasteiger partial charge in [0.05, 0.1) is 11.1 Å². The summed E-state index contributed by atoms with van der Waals surface area (Å²) in [6.45, 7) is 6.55. The molecule has 0 aliphatic carbocycles. The molecule has 2 aromatic rings. The van der Waals surface area contributed by atoms with Crippen molar-refractivity contribution in [2.45, 2.75) is 39.0 Å². The summed E-state index contributed by atoms with van der Waals surface area (Å²) < 4.78 is 5.33. The standard InChI is InChI=1S/C22H23NO4/c1-22(2,3)15-10-12-16(13-11-15)27-19(24)9-6-14-23-20(25)17-7-4-5-8-18(17)21(23)26/h4-5,7-8,10-13H,6,9,14H2,1-3H3. The van der Waals surface area contributed by atoms with E-state index in [2.05, 4.69) is 20.8 Å². The summed E-state index contributed by atoms with van der Waals surface area (Å²) in [5, 5.41) is 0. The maximum atomic E-state index is 12.3. The van der Waals surface area contributed by atoms with Crippen molar-refractivity contribution in [2.75, 3.05) is 6.54 Å². The van der Waals surface area contributed by atoms with Gasteiger partial charge in [-0.15, -0.1) is 0 Å². The summed E-state index contributed by atoms with van der Waals surface area (Å²) in [6.07, 6.45) is 0.499. The SMILES string of the molecule is CC(C)(C)c1ccc(OC(=O)CCCN2C(=O)c3ccccc3C2=O)cc1. The normalized spacial score (nSPS) is 13.7. The van der Waals surface area contributed by atoms with Crippen LogP contribution < -0.4 is 4.74 Å². The van der Waals surface area contributed by atoms with E-state index in [1.165, 1.54) is 4.90 Å². The van der Waals surface area contributed by atoms with Gasteiger partial charge in [0.2, 0.25) is 0 Å². The third-order valence-corrected chi connectivity index (χ3v) is 4.59. The minimum absolute atomic E-state index is 0.0366. The average molecular weight is 365 g/mol. The smallest absolute Gasteiger partial charge is 0.311 e. The summed E-state index contributed by atoms with van der Waals surface area (Å²) in [5.74, 6) is -0.493. The van der Waals surface area contributed by atoms with Gasteiger partial charge in [0.25, 0.3) is 11.8 Å². The first-order valence-electron chi connectivity index (χ1n) is 9.04. The second-order valence-electron chi connectivity index (χ2n) is 7.66. The highest BCUT2D eigenvalue weighted by atomic mass is 16.5. The first-order valence-corrected chi connectivity index (χ1v) is 9.04. The maximum absolute atomic E-state index is 12.3. The van der Waals surface area contributed by atoms with Gasteiger partial charge in [0, 0.05) is 13.0 Å². The second-order valence-corrected chi connectivity index (χ2v) is 7.66. The molecule has 0 radical (unpaired) electrons. The van der Waals surface area contributed by atoms with E-state index in [4.69, 9.17) is 4.74 Å². The lowest BCUT2D eigenvalue weighted by Gasteiger charge is -2.19. The van der Waals surface area contributed by atoms with Crippen LogP contribution in [0, 0.1) is 0 Å². The molecule has 0 aromatic heterocycles. The van der Waals surface area contributed by atoms with Gasteiger partial charge in [0.1, 0.15) is 5.75 Å². The fourth-order valence-corrected chi connectivity index (χ4v) is 3.03. The van der Waals surface area contributed by atoms with Gasteiger partial charge in [-0.25, -0.2) is 0 Å². The second kappa shape index (κ2) is 7.35. The predicted octanol–water partition coefficient (Wildman–Crippen LogP) is 3.97. The first-order chi connectivity index (χ1) is 12.8. The fraction of sp³-hybridized carbons (Fsp3) is 0.318. The Kier molecular flexibility index (Phi) is 5.13. The number of nitrogens with zero attached hydrogens (tertiary/aromatic N) is 1. The van der Waals surface area contributed by atoms with Crippen molar-refractivity contribution in [3.05, 3.63) is 65.2 Å². The van der Waals surface area contributed by atoms with Crippen molar-refractivity contribution in [1.82, 2.24) is 4.90 Å². The molecule has 0 saturated heterocycles. The zero-order valence-electron chi connectivity index (χ0n) is 15.8. The van der Waals surface area contributed by atoms with E-state index in [0.717, 1.165) is 5.56 Å². The molecule has 0 saturated carbocycles. The number of carbonyl (C=O) groups excluding carboxylic acids is 3. The highest BCUT2D eigenvalue weighted by molar-refractivity contribution is 6.21. The molecule has 5 nitrogen and oxygen atoms in total. The van der Waals surface area contributed by atoms with Gasteiger partial charge < -0.3 is 4.74 Å². The van der Waals surface area contributed by atoms with Crippen molar-refractivity contribution in [2.24, 2.45) is 0 Å². The lowest BCUT2D eigenvalue weighted by molar-refractivity contribution is -0.134. The number of hydrogen-bond donors (Lipinski definition) is 0. The molecule has 0 spiro atoms. The average Bonchev–Trinajstić information content (AvgIpc) is 2.87. The van der Waals surface area contributed by atoms with Gasteiger partial charge in [-0.3, -0.25) is 19.3 Å². The quantitative estimate of drug-likeness (QED) is 0.457. The summed E-state index contributed by atoms with van der Waals surface area (Å²) in [4.78, 5) is 37.8. The highest BCUT2D eigenvalue weighted by Crippen LogP contribution is 2.25. The topological polar surface area (TPSA) is 63.7 Å². The third-order valence-electron chi connectivity index (χ3n) is 4.59. The number of carbonyl (C=O) groups is 3. The van der Waals surface area contributed by atoms with Crippen LogP contribution in [-0.4, -0.2) is 29.2 Å². The number of imide groups is 1. The molecule has 5 heteroatoms. The number of ether oxygens (including phenoxy) is 1. The van der Waals surface area contributed by atoms with Crippen molar-refractivity contribution < 1.29 is 19.1 Å². The van der Waals surface area contributed by atoms with E-state index < -0.39 is 0 Å². The number of rotatable bonds is 5. The molecule has 3 rings (SSSR count). The Labute approximate surface area is 158 Å². The van der Waals surface area contributed by atoms with Gasteiger partial charge in [-0.2, -0.15) is 0 Å². The van der Waals surface area contributed by atoms with Crippen LogP contribution in [-0.2, 0) is 10.2 Å². The Morgan fingerprint density at radius 1 is 0.926 bits per heavy atom. The summed E-state index contributed by atoms with van der Waals surface area (Å²) in [6, 6.07) is 14.2. The summed E-state index contributed by atoms with van der Waals surface area (Å²) in [5.41, 5.74) is 2.04. The van der Waals surface area contributed by atoms with Crippen molar-refractivity contribution >= 4 is 17.8 Å². The molecule has 0 N–H and O–H groups in total. The number of amides is 2. The predicted molar refractivity (Wildman–Crippen MR) is 102 cm³/mol. The van der Waals surface area contributed by atoms with E-state index in [1.54, 1.807) is 36.4 Å². The molecule has 0 bridgehead atoms. The number of hydrogen-bond acceptors (Lipinski definition) is 4. The van der Waals surface area contributed by atoms with E-state index in [0.29, 0.717) is 23.3 Å². The molecular formula is C22H23NO4. The molecule has 140 valence electrons. The molecule has 0 atom stereocenters. The van der Waals surface area contributed by atoms with Crippen LogP contribution in [0.5, 0.6) is 5.75 Å². The Balaban J connectivity index is 1.51. The van der Waals surface area contributed by atoms with Crippen LogP contribution in [0.3, 0.4) is 0 Å². The van der Waals surface area contributed by atoms with Crippen LogP contribution in [0.4, 0.5) is 0 Å². The molecule has 1 aliphatic rings. The van der Waals surface area contributed by atoms with Crippen LogP contribution >= 0.6 is 0 Å². The lowest BCUT2D eigenvalue weighted by Crippen LogP contribution is -2.31. The molecule has 2 aromatic carbocycles. The Morgan fingerprint density at radius 3 is 2.00 bits per heavy atom. The van der Waals surface area contributed by atoms with Crippen LogP contribution in [0.2, 0.25) is 0 Å². The number of fused-ring (bicyclic) bond motifs is 1. The van der Waals surface area contributed by atoms with E-state index in [9.17, 15) is 14.4 Å². The molecule has 0 unspecified atom stereocenters. The zero-order chi connectivity index (χ0) is 19.6. The number of esters is 1. The Hall–Kier alpha value is -2.95. The van der Waals surface area contributed by atoms with E-state index in [-0.39, 0.29) is 36.2 Å². The largest absolute Gasteiger partial charge is 0.427 e. The van der Waals surface area contributed by atoms with Crippen LogP contribution in [0.25, 0.3) is 0 Å². The van der Waals surface area contributed by atoms with E-state index in [1.807, 2.05) is 12.1 Å². The first kappa shape index (κ1) is 18.8.